The van der Waals surface area contributed by atoms with Gasteiger partial charge in [-0.3, -0.25) is 0 Å². The normalized spacial score (nSPS) is 27.6. The lowest BCUT2D eigenvalue weighted by atomic mass is 9.68. The maximum absolute atomic E-state index is 15.1. The number of hydrogen-bond acceptors (Lipinski definition) is 2. The molecule has 2 nitrogen and oxygen atoms in total. The van der Waals surface area contributed by atoms with Gasteiger partial charge in [-0.05, 0) is 67.1 Å². The van der Waals surface area contributed by atoms with E-state index in [0.29, 0.717) is 22.8 Å². The maximum Gasteiger partial charge on any atom is 0.183 e. The van der Waals surface area contributed by atoms with Crippen molar-refractivity contribution >= 4 is 0 Å². The first-order valence-electron chi connectivity index (χ1n) is 13.6. The predicted octanol–water partition coefficient (Wildman–Crippen LogP) is 9.20. The summed E-state index contributed by atoms with van der Waals surface area (Å²) in [5.74, 6) is 0.869. The van der Waals surface area contributed by atoms with Crippen molar-refractivity contribution in [3.63, 3.8) is 0 Å². The summed E-state index contributed by atoms with van der Waals surface area (Å²) in [4.78, 5) is 0. The van der Waals surface area contributed by atoms with Gasteiger partial charge in [-0.1, -0.05) is 82.9 Å². The van der Waals surface area contributed by atoms with Crippen molar-refractivity contribution in [3.8, 4) is 11.1 Å². The van der Waals surface area contributed by atoms with Crippen LogP contribution in [0.5, 0.6) is 0 Å². The highest BCUT2D eigenvalue weighted by Crippen LogP contribution is 2.45. The van der Waals surface area contributed by atoms with Crippen molar-refractivity contribution in [2.24, 2.45) is 11.3 Å². The molecular weight excluding hydrogens is 423 g/mol. The molecule has 186 valence electrons. The molecule has 4 rings (SSSR count). The highest BCUT2D eigenvalue weighted by atomic mass is 19.1. The highest BCUT2D eigenvalue weighted by molar-refractivity contribution is 5.65. The van der Waals surface area contributed by atoms with Gasteiger partial charge in [0.2, 0.25) is 0 Å². The molecule has 2 fully saturated rings. The molecule has 2 aromatic carbocycles. The first-order chi connectivity index (χ1) is 16.5. The van der Waals surface area contributed by atoms with Crippen molar-refractivity contribution in [1.29, 1.82) is 0 Å². The summed E-state index contributed by atoms with van der Waals surface area (Å²) in [5, 5.41) is 0. The molecule has 1 aliphatic carbocycles. The molecule has 1 heterocycles. The predicted molar refractivity (Wildman–Crippen MR) is 138 cm³/mol. The summed E-state index contributed by atoms with van der Waals surface area (Å²) in [6.07, 6.45) is 12.0. The SMILES string of the molecule is CCCCCC1COC(c2ccc(-c3ccc(C4CCC(C)(CCC)CC4)cc3F)cc2)OC1. The van der Waals surface area contributed by atoms with Crippen LogP contribution in [-0.2, 0) is 9.47 Å². The molecule has 1 aliphatic heterocycles. The van der Waals surface area contributed by atoms with Gasteiger partial charge in [0.1, 0.15) is 5.82 Å². The summed E-state index contributed by atoms with van der Waals surface area (Å²) in [7, 11) is 0. The Morgan fingerprint density at radius 2 is 1.56 bits per heavy atom. The minimum absolute atomic E-state index is 0.118. The summed E-state index contributed by atoms with van der Waals surface area (Å²) >= 11 is 0. The molecule has 1 saturated carbocycles. The minimum atomic E-state index is -0.312. The maximum atomic E-state index is 15.1. The number of ether oxygens (including phenoxy) is 2. The second-order valence-corrected chi connectivity index (χ2v) is 11.1. The number of halogens is 1. The van der Waals surface area contributed by atoms with Gasteiger partial charge < -0.3 is 9.47 Å². The standard InChI is InChI=1S/C31H43FO2/c1-4-6-7-8-23-21-33-30(34-22-23)26-11-9-25(10-12-26)28-14-13-27(20-29(28)32)24-15-18-31(3,17-5-2)19-16-24/h9-14,20,23-24,30H,4-8,15-19,21-22H2,1-3H3. The van der Waals surface area contributed by atoms with Crippen molar-refractivity contribution in [3.05, 3.63) is 59.4 Å². The zero-order valence-corrected chi connectivity index (χ0v) is 21.5. The third-order valence-corrected chi connectivity index (χ3v) is 8.19. The summed E-state index contributed by atoms with van der Waals surface area (Å²) < 4.78 is 27.1. The Bertz CT molecular complexity index is 890. The average Bonchev–Trinajstić information content (AvgIpc) is 2.85. The Hall–Kier alpha value is -1.71. The molecule has 0 amide bonds. The van der Waals surface area contributed by atoms with Gasteiger partial charge >= 0.3 is 0 Å². The first-order valence-corrected chi connectivity index (χ1v) is 13.6. The van der Waals surface area contributed by atoms with Crippen LogP contribution in [0.1, 0.15) is 108 Å². The Morgan fingerprint density at radius 3 is 2.18 bits per heavy atom. The lowest BCUT2D eigenvalue weighted by molar-refractivity contribution is -0.206. The zero-order chi connectivity index (χ0) is 24.0. The van der Waals surface area contributed by atoms with E-state index < -0.39 is 0 Å². The van der Waals surface area contributed by atoms with E-state index in [9.17, 15) is 0 Å². The highest BCUT2D eigenvalue weighted by Gasteiger charge is 2.31. The van der Waals surface area contributed by atoms with E-state index in [1.807, 2.05) is 30.3 Å². The van der Waals surface area contributed by atoms with E-state index in [2.05, 4.69) is 26.8 Å². The van der Waals surface area contributed by atoms with E-state index in [-0.39, 0.29) is 12.1 Å². The fourth-order valence-corrected chi connectivity index (χ4v) is 5.93. The Kier molecular flexibility index (Phi) is 8.82. The fourth-order valence-electron chi connectivity index (χ4n) is 5.93. The van der Waals surface area contributed by atoms with E-state index in [4.69, 9.17) is 9.47 Å². The van der Waals surface area contributed by atoms with Gasteiger partial charge in [0.25, 0.3) is 0 Å². The molecule has 0 N–H and O–H groups in total. The first kappa shape index (κ1) is 25.4. The summed E-state index contributed by atoms with van der Waals surface area (Å²) in [6, 6.07) is 13.9. The van der Waals surface area contributed by atoms with E-state index in [1.165, 1.54) is 64.2 Å². The second-order valence-electron chi connectivity index (χ2n) is 11.1. The van der Waals surface area contributed by atoms with Crippen LogP contribution < -0.4 is 0 Å². The van der Waals surface area contributed by atoms with Gasteiger partial charge in [0.05, 0.1) is 13.2 Å². The molecule has 0 radical (unpaired) electrons. The van der Waals surface area contributed by atoms with E-state index in [0.717, 1.165) is 29.9 Å². The van der Waals surface area contributed by atoms with E-state index in [1.54, 1.807) is 6.07 Å². The molecule has 0 bridgehead atoms. The molecule has 34 heavy (non-hydrogen) atoms. The number of benzene rings is 2. The van der Waals surface area contributed by atoms with Gasteiger partial charge in [0.15, 0.2) is 6.29 Å². The van der Waals surface area contributed by atoms with Crippen LogP contribution in [-0.4, -0.2) is 13.2 Å². The summed E-state index contributed by atoms with van der Waals surface area (Å²) in [6.45, 7) is 8.44. The van der Waals surface area contributed by atoms with Gasteiger partial charge in [-0.15, -0.1) is 0 Å². The molecular formula is C31H43FO2. The Morgan fingerprint density at radius 1 is 0.882 bits per heavy atom. The van der Waals surface area contributed by atoms with Crippen LogP contribution >= 0.6 is 0 Å². The monoisotopic (exact) mass is 466 g/mol. The zero-order valence-electron chi connectivity index (χ0n) is 21.5. The number of hydrogen-bond donors (Lipinski definition) is 0. The molecule has 0 aromatic heterocycles. The molecule has 3 heteroatoms. The van der Waals surface area contributed by atoms with Crippen molar-refractivity contribution < 1.29 is 13.9 Å². The largest absolute Gasteiger partial charge is 0.348 e. The average molecular weight is 467 g/mol. The van der Waals surface area contributed by atoms with Crippen LogP contribution in [0.3, 0.4) is 0 Å². The van der Waals surface area contributed by atoms with Gasteiger partial charge in [-0.2, -0.15) is 0 Å². The number of unbranched alkanes of at least 4 members (excludes halogenated alkanes) is 2. The lowest BCUT2D eigenvalue weighted by Gasteiger charge is -2.37. The smallest absolute Gasteiger partial charge is 0.183 e. The lowest BCUT2D eigenvalue weighted by Crippen LogP contribution is -2.27. The molecule has 0 atom stereocenters. The quantitative estimate of drug-likeness (QED) is 0.343. The van der Waals surface area contributed by atoms with Crippen LogP contribution in [0.25, 0.3) is 11.1 Å². The van der Waals surface area contributed by atoms with Crippen LogP contribution in [0, 0.1) is 17.2 Å². The van der Waals surface area contributed by atoms with E-state index >= 15 is 4.39 Å². The van der Waals surface area contributed by atoms with Gasteiger partial charge in [-0.25, -0.2) is 4.39 Å². The van der Waals surface area contributed by atoms with Crippen molar-refractivity contribution in [1.82, 2.24) is 0 Å². The topological polar surface area (TPSA) is 18.5 Å². The van der Waals surface area contributed by atoms with Crippen molar-refractivity contribution in [2.45, 2.75) is 97.2 Å². The second kappa shape index (κ2) is 11.8. The fraction of sp³-hybridized carbons (Fsp3) is 0.613. The number of rotatable bonds is 9. The van der Waals surface area contributed by atoms with Crippen LogP contribution in [0.4, 0.5) is 4.39 Å². The minimum Gasteiger partial charge on any atom is -0.348 e. The Labute approximate surface area is 206 Å². The van der Waals surface area contributed by atoms with Gasteiger partial charge in [0, 0.05) is 17.0 Å². The van der Waals surface area contributed by atoms with Crippen LogP contribution in [0.15, 0.2) is 42.5 Å². The third kappa shape index (κ3) is 6.29. The molecule has 2 aromatic rings. The molecule has 2 aliphatic rings. The third-order valence-electron chi connectivity index (χ3n) is 8.19. The molecule has 1 saturated heterocycles. The van der Waals surface area contributed by atoms with Crippen LogP contribution in [0.2, 0.25) is 0 Å². The van der Waals surface area contributed by atoms with Crippen molar-refractivity contribution in [2.75, 3.05) is 13.2 Å². The Balaban J connectivity index is 1.34. The molecule has 0 unspecified atom stereocenters. The summed E-state index contributed by atoms with van der Waals surface area (Å²) in [5.41, 5.74) is 4.22. The molecule has 0 spiro atoms.